The van der Waals surface area contributed by atoms with Crippen LogP contribution in [0.2, 0.25) is 0 Å². The first-order chi connectivity index (χ1) is 10.7. The van der Waals surface area contributed by atoms with Crippen LogP contribution in [-0.2, 0) is 4.79 Å². The van der Waals surface area contributed by atoms with E-state index < -0.39 is 11.2 Å². The van der Waals surface area contributed by atoms with Crippen LogP contribution in [0, 0.1) is 0 Å². The predicted octanol–water partition coefficient (Wildman–Crippen LogP) is 5.16. The summed E-state index contributed by atoms with van der Waals surface area (Å²) >= 11 is 1.62. The molecule has 0 bridgehead atoms. The molecule has 1 aliphatic carbocycles. The van der Waals surface area contributed by atoms with Crippen LogP contribution < -0.4 is 0 Å². The van der Waals surface area contributed by atoms with Crippen LogP contribution in [0.15, 0.2) is 54.6 Å². The normalized spacial score (nSPS) is 16.5. The van der Waals surface area contributed by atoms with E-state index in [4.69, 9.17) is 0 Å². The Kier molecular flexibility index (Phi) is 4.84. The van der Waals surface area contributed by atoms with E-state index in [-0.39, 0.29) is 0 Å². The number of carboxylic acid groups (broad SMARTS) is 1. The number of carboxylic acids is 1. The Morgan fingerprint density at radius 1 is 0.955 bits per heavy atom. The van der Waals surface area contributed by atoms with Crippen molar-refractivity contribution in [1.29, 1.82) is 0 Å². The van der Waals surface area contributed by atoms with Crippen molar-refractivity contribution in [1.82, 2.24) is 0 Å². The lowest BCUT2D eigenvalue weighted by atomic mass is 10.0. The zero-order valence-electron chi connectivity index (χ0n) is 12.4. The molecule has 0 saturated heterocycles. The van der Waals surface area contributed by atoms with E-state index in [1.807, 2.05) is 42.5 Å². The van der Waals surface area contributed by atoms with Gasteiger partial charge in [-0.1, -0.05) is 67.4 Å². The van der Waals surface area contributed by atoms with Crippen molar-refractivity contribution in [3.8, 4) is 11.1 Å². The van der Waals surface area contributed by atoms with Gasteiger partial charge < -0.3 is 5.11 Å². The van der Waals surface area contributed by atoms with Crippen LogP contribution in [0.1, 0.15) is 36.5 Å². The number of hydrogen-bond acceptors (Lipinski definition) is 2. The minimum Gasteiger partial charge on any atom is -0.480 e. The van der Waals surface area contributed by atoms with Gasteiger partial charge in [-0.3, -0.25) is 4.79 Å². The molecule has 1 saturated carbocycles. The van der Waals surface area contributed by atoms with Gasteiger partial charge in [-0.2, -0.15) is 0 Å². The molecule has 2 aromatic rings. The second-order valence-corrected chi connectivity index (χ2v) is 7.16. The van der Waals surface area contributed by atoms with Crippen LogP contribution in [-0.4, -0.2) is 16.3 Å². The first-order valence-corrected chi connectivity index (χ1v) is 8.72. The average Bonchev–Trinajstić information content (AvgIpc) is 3.07. The minimum atomic E-state index is -0.732. The quantitative estimate of drug-likeness (QED) is 0.829. The maximum Gasteiger partial charge on any atom is 0.321 e. The molecular weight excluding hydrogens is 292 g/mol. The molecule has 3 rings (SSSR count). The van der Waals surface area contributed by atoms with Crippen molar-refractivity contribution in [2.24, 2.45) is 0 Å². The molecule has 3 heteroatoms. The van der Waals surface area contributed by atoms with Gasteiger partial charge in [0.15, 0.2) is 0 Å². The summed E-state index contributed by atoms with van der Waals surface area (Å²) in [5.41, 5.74) is 3.17. The highest BCUT2D eigenvalue weighted by molar-refractivity contribution is 8.00. The minimum absolute atomic E-state index is 0.451. The SMILES string of the molecule is O=C(O)C(SC1CCCC1)c1ccc(-c2ccccc2)cc1. The molecule has 1 aliphatic rings. The van der Waals surface area contributed by atoms with Gasteiger partial charge >= 0.3 is 5.97 Å². The molecule has 1 unspecified atom stereocenters. The molecule has 1 atom stereocenters. The standard InChI is InChI=1S/C19H20O2S/c20-19(21)18(22-17-8-4-5-9-17)16-12-10-15(11-13-16)14-6-2-1-3-7-14/h1-3,6-7,10-13,17-18H,4-5,8-9H2,(H,20,21). The molecule has 0 heterocycles. The number of thioether (sulfide) groups is 1. The molecule has 2 aromatic carbocycles. The Bertz CT molecular complexity index is 616. The zero-order valence-corrected chi connectivity index (χ0v) is 13.3. The summed E-state index contributed by atoms with van der Waals surface area (Å²) < 4.78 is 0. The fraction of sp³-hybridized carbons (Fsp3) is 0.316. The Morgan fingerprint density at radius 2 is 1.55 bits per heavy atom. The lowest BCUT2D eigenvalue weighted by molar-refractivity contribution is -0.136. The van der Waals surface area contributed by atoms with Gasteiger partial charge in [0, 0.05) is 5.25 Å². The number of carbonyl (C=O) groups is 1. The van der Waals surface area contributed by atoms with Gasteiger partial charge in [-0.15, -0.1) is 11.8 Å². The fourth-order valence-corrected chi connectivity index (χ4v) is 4.40. The first-order valence-electron chi connectivity index (χ1n) is 7.78. The van der Waals surface area contributed by atoms with Crippen LogP contribution in [0.3, 0.4) is 0 Å². The van der Waals surface area contributed by atoms with Crippen molar-refractivity contribution in [2.45, 2.75) is 36.2 Å². The van der Waals surface area contributed by atoms with E-state index in [1.165, 1.54) is 12.8 Å². The number of hydrogen-bond donors (Lipinski definition) is 1. The Hall–Kier alpha value is -1.74. The van der Waals surface area contributed by atoms with Crippen LogP contribution >= 0.6 is 11.8 Å². The van der Waals surface area contributed by atoms with Crippen LogP contribution in [0.25, 0.3) is 11.1 Å². The maximum absolute atomic E-state index is 11.6. The van der Waals surface area contributed by atoms with Crippen LogP contribution in [0.5, 0.6) is 0 Å². The van der Waals surface area contributed by atoms with E-state index >= 15 is 0 Å². The van der Waals surface area contributed by atoms with Gasteiger partial charge in [0.2, 0.25) is 0 Å². The molecule has 1 fully saturated rings. The van der Waals surface area contributed by atoms with Crippen LogP contribution in [0.4, 0.5) is 0 Å². The third-order valence-electron chi connectivity index (χ3n) is 4.18. The Labute approximate surface area is 135 Å². The third kappa shape index (κ3) is 3.53. The summed E-state index contributed by atoms with van der Waals surface area (Å²) in [6, 6.07) is 18.1. The topological polar surface area (TPSA) is 37.3 Å². The largest absolute Gasteiger partial charge is 0.480 e. The summed E-state index contributed by atoms with van der Waals surface area (Å²) in [6.07, 6.45) is 4.76. The maximum atomic E-state index is 11.6. The zero-order chi connectivity index (χ0) is 15.4. The molecule has 22 heavy (non-hydrogen) atoms. The van der Waals surface area contributed by atoms with E-state index in [0.717, 1.165) is 29.5 Å². The molecule has 1 N–H and O–H groups in total. The fourth-order valence-electron chi connectivity index (χ4n) is 2.98. The van der Waals surface area contributed by atoms with Crippen molar-refractivity contribution in [2.75, 3.05) is 0 Å². The molecule has 0 aromatic heterocycles. The molecule has 0 amide bonds. The highest BCUT2D eigenvalue weighted by atomic mass is 32.2. The Balaban J connectivity index is 1.78. The van der Waals surface area contributed by atoms with Crippen molar-refractivity contribution < 1.29 is 9.90 Å². The molecule has 114 valence electrons. The number of rotatable bonds is 5. The Morgan fingerprint density at radius 3 is 2.14 bits per heavy atom. The lowest BCUT2D eigenvalue weighted by Crippen LogP contribution is -2.11. The monoisotopic (exact) mass is 312 g/mol. The highest BCUT2D eigenvalue weighted by Gasteiger charge is 2.26. The number of aliphatic carboxylic acids is 1. The first kappa shape index (κ1) is 15.2. The molecule has 2 nitrogen and oxygen atoms in total. The van der Waals surface area contributed by atoms with Gasteiger partial charge in [0.05, 0.1) is 0 Å². The van der Waals surface area contributed by atoms with E-state index in [1.54, 1.807) is 11.8 Å². The van der Waals surface area contributed by atoms with Crippen molar-refractivity contribution in [3.63, 3.8) is 0 Å². The lowest BCUT2D eigenvalue weighted by Gasteiger charge is -2.17. The summed E-state index contributed by atoms with van der Waals surface area (Å²) in [5, 5.41) is 9.60. The predicted molar refractivity (Wildman–Crippen MR) is 92.1 cm³/mol. The van der Waals surface area contributed by atoms with E-state index in [2.05, 4.69) is 12.1 Å². The van der Waals surface area contributed by atoms with Gasteiger partial charge in [-0.05, 0) is 29.5 Å². The van der Waals surface area contributed by atoms with Gasteiger partial charge in [0.25, 0.3) is 0 Å². The third-order valence-corrected chi connectivity index (χ3v) is 5.78. The molecule has 0 radical (unpaired) electrons. The molecule has 0 aliphatic heterocycles. The van der Waals surface area contributed by atoms with Gasteiger partial charge in [-0.25, -0.2) is 0 Å². The summed E-state index contributed by atoms with van der Waals surface area (Å²) in [7, 11) is 0. The molecule has 0 spiro atoms. The average molecular weight is 312 g/mol. The van der Waals surface area contributed by atoms with Crippen molar-refractivity contribution in [3.05, 3.63) is 60.2 Å². The highest BCUT2D eigenvalue weighted by Crippen LogP contribution is 2.40. The second-order valence-electron chi connectivity index (χ2n) is 5.75. The summed E-state index contributed by atoms with van der Waals surface area (Å²) in [6.45, 7) is 0. The smallest absolute Gasteiger partial charge is 0.321 e. The summed E-state index contributed by atoms with van der Waals surface area (Å²) in [5.74, 6) is -0.732. The van der Waals surface area contributed by atoms with E-state index in [9.17, 15) is 9.90 Å². The molecular formula is C19H20O2S. The second kappa shape index (κ2) is 7.01. The van der Waals surface area contributed by atoms with E-state index in [0.29, 0.717) is 5.25 Å². The summed E-state index contributed by atoms with van der Waals surface area (Å²) in [4.78, 5) is 11.6. The van der Waals surface area contributed by atoms with Gasteiger partial charge in [0.1, 0.15) is 5.25 Å². The van der Waals surface area contributed by atoms with Crippen molar-refractivity contribution >= 4 is 17.7 Å². The number of benzene rings is 2.